The molecule has 8 nitrogen and oxygen atoms in total. The van der Waals surface area contributed by atoms with Gasteiger partial charge in [-0.3, -0.25) is 19.7 Å². The molecule has 0 saturated heterocycles. The van der Waals surface area contributed by atoms with Crippen molar-refractivity contribution in [2.45, 2.75) is 6.92 Å². The summed E-state index contributed by atoms with van der Waals surface area (Å²) in [4.78, 5) is 36.2. The molecule has 0 fully saturated rings. The number of benzene rings is 3. The number of non-ortho nitro benzene ring substituents is 1. The topological polar surface area (TPSA) is 111 Å². The summed E-state index contributed by atoms with van der Waals surface area (Å²) >= 11 is 6.17. The van der Waals surface area contributed by atoms with E-state index >= 15 is 0 Å². The minimum absolute atomic E-state index is 0.0891. The Hall–Kier alpha value is -4.24. The Balaban J connectivity index is 1.93. The number of methoxy groups -OCH3 is 1. The first-order valence-electron chi connectivity index (χ1n) is 9.86. The molecule has 0 aliphatic rings. The van der Waals surface area contributed by atoms with E-state index in [1.54, 1.807) is 6.92 Å². The molecular formula is C24H19ClFN3O5. The van der Waals surface area contributed by atoms with Gasteiger partial charge in [-0.1, -0.05) is 17.7 Å². The van der Waals surface area contributed by atoms with Crippen LogP contribution in [-0.2, 0) is 4.79 Å². The van der Waals surface area contributed by atoms with Gasteiger partial charge >= 0.3 is 0 Å². The third kappa shape index (κ3) is 5.96. The fourth-order valence-electron chi connectivity index (χ4n) is 2.88. The molecule has 34 heavy (non-hydrogen) atoms. The zero-order valence-corrected chi connectivity index (χ0v) is 18.9. The van der Waals surface area contributed by atoms with Gasteiger partial charge < -0.3 is 15.4 Å². The molecule has 3 aromatic rings. The van der Waals surface area contributed by atoms with E-state index < -0.39 is 22.6 Å². The van der Waals surface area contributed by atoms with Gasteiger partial charge in [0.1, 0.15) is 17.3 Å². The maximum atomic E-state index is 13.9. The van der Waals surface area contributed by atoms with Crippen molar-refractivity contribution in [1.82, 2.24) is 5.32 Å². The van der Waals surface area contributed by atoms with Crippen LogP contribution in [0.25, 0.3) is 6.08 Å². The molecule has 0 saturated carbocycles. The Morgan fingerprint density at radius 1 is 1.09 bits per heavy atom. The second kappa shape index (κ2) is 10.6. The summed E-state index contributed by atoms with van der Waals surface area (Å²) in [5.74, 6) is -1.47. The lowest BCUT2D eigenvalue weighted by atomic mass is 10.1. The minimum atomic E-state index is -0.736. The number of nitro benzene ring substituents is 1. The van der Waals surface area contributed by atoms with Crippen LogP contribution in [0, 0.1) is 22.9 Å². The molecule has 0 heterocycles. The second-order valence-corrected chi connectivity index (χ2v) is 7.53. The predicted molar refractivity (Wildman–Crippen MR) is 126 cm³/mol. The molecule has 2 amide bonds. The van der Waals surface area contributed by atoms with Gasteiger partial charge in [-0.2, -0.15) is 0 Å². The summed E-state index contributed by atoms with van der Waals surface area (Å²) in [5, 5.41) is 16.0. The predicted octanol–water partition coefficient (Wildman–Crippen LogP) is 5.11. The first kappa shape index (κ1) is 24.4. The molecule has 0 spiro atoms. The maximum Gasteiger partial charge on any atom is 0.272 e. The number of hydrogen-bond donors (Lipinski definition) is 2. The summed E-state index contributed by atoms with van der Waals surface area (Å²) < 4.78 is 19.0. The van der Waals surface area contributed by atoms with Crippen molar-refractivity contribution in [2.24, 2.45) is 0 Å². The number of nitro groups is 1. The summed E-state index contributed by atoms with van der Waals surface area (Å²) in [7, 11) is 1.45. The number of carbonyl (C=O) groups is 2. The molecule has 0 atom stereocenters. The normalized spacial score (nSPS) is 11.0. The van der Waals surface area contributed by atoms with Crippen molar-refractivity contribution in [3.05, 3.63) is 104 Å². The molecule has 0 radical (unpaired) electrons. The third-order valence-electron chi connectivity index (χ3n) is 4.76. The fourth-order valence-corrected chi connectivity index (χ4v) is 3.14. The third-order valence-corrected chi connectivity index (χ3v) is 5.07. The molecule has 0 aliphatic heterocycles. The Kier molecular flexibility index (Phi) is 7.60. The number of amides is 2. The van der Waals surface area contributed by atoms with Gasteiger partial charge in [0.05, 0.1) is 22.6 Å². The molecule has 0 aliphatic carbocycles. The van der Waals surface area contributed by atoms with Gasteiger partial charge in [-0.25, -0.2) is 4.39 Å². The lowest BCUT2D eigenvalue weighted by Gasteiger charge is -2.13. The highest BCUT2D eigenvalue weighted by atomic mass is 35.5. The van der Waals surface area contributed by atoms with E-state index in [4.69, 9.17) is 16.3 Å². The van der Waals surface area contributed by atoms with Crippen LogP contribution < -0.4 is 15.4 Å². The summed E-state index contributed by atoms with van der Waals surface area (Å²) in [5.41, 5.74) is 0.763. The van der Waals surface area contributed by atoms with Gasteiger partial charge in [-0.05, 0) is 66.6 Å². The van der Waals surface area contributed by atoms with Crippen molar-refractivity contribution in [1.29, 1.82) is 0 Å². The van der Waals surface area contributed by atoms with Crippen molar-refractivity contribution < 1.29 is 23.6 Å². The average Bonchev–Trinajstić information content (AvgIpc) is 2.81. The number of rotatable bonds is 7. The molecule has 0 aromatic heterocycles. The lowest BCUT2D eigenvalue weighted by molar-refractivity contribution is -0.384. The Morgan fingerprint density at radius 2 is 1.79 bits per heavy atom. The highest BCUT2D eigenvalue weighted by molar-refractivity contribution is 6.34. The number of carbonyl (C=O) groups excluding carboxylic acids is 2. The van der Waals surface area contributed by atoms with Gasteiger partial charge in [0.25, 0.3) is 17.5 Å². The molecule has 174 valence electrons. The number of ether oxygens (including phenoxy) is 1. The van der Waals surface area contributed by atoms with Crippen LogP contribution in [-0.4, -0.2) is 23.8 Å². The van der Waals surface area contributed by atoms with Gasteiger partial charge in [-0.15, -0.1) is 0 Å². The summed E-state index contributed by atoms with van der Waals surface area (Å²) in [6.07, 6.45) is 1.33. The van der Waals surface area contributed by atoms with Crippen LogP contribution in [0.2, 0.25) is 5.02 Å². The lowest BCUT2D eigenvalue weighted by Crippen LogP contribution is -2.31. The minimum Gasteiger partial charge on any atom is -0.497 e. The summed E-state index contributed by atoms with van der Waals surface area (Å²) in [6, 6.07) is 14.0. The maximum absolute atomic E-state index is 13.9. The van der Waals surface area contributed by atoms with Crippen LogP contribution in [0.1, 0.15) is 21.5 Å². The molecule has 3 aromatic carbocycles. The first-order valence-corrected chi connectivity index (χ1v) is 10.2. The number of aryl methyl sites for hydroxylation is 1. The SMILES string of the molecule is COc1ccc(C(=O)NC(=Cc2ccc([N+](=O)[O-])cc2)C(=O)Nc2ccc(C)c(F)c2)c(Cl)c1. The van der Waals surface area contributed by atoms with Crippen molar-refractivity contribution in [3.63, 3.8) is 0 Å². The second-order valence-electron chi connectivity index (χ2n) is 7.12. The van der Waals surface area contributed by atoms with E-state index in [0.29, 0.717) is 16.9 Å². The Bertz CT molecular complexity index is 1290. The molecular weight excluding hydrogens is 465 g/mol. The molecule has 0 bridgehead atoms. The Morgan fingerprint density at radius 3 is 2.38 bits per heavy atom. The monoisotopic (exact) mass is 483 g/mol. The molecule has 3 rings (SSSR count). The first-order chi connectivity index (χ1) is 16.2. The molecule has 2 N–H and O–H groups in total. The van der Waals surface area contributed by atoms with E-state index in [2.05, 4.69) is 10.6 Å². The average molecular weight is 484 g/mol. The summed E-state index contributed by atoms with van der Waals surface area (Å²) in [6.45, 7) is 1.58. The van der Waals surface area contributed by atoms with E-state index in [1.807, 2.05) is 0 Å². The largest absolute Gasteiger partial charge is 0.497 e. The highest BCUT2D eigenvalue weighted by Crippen LogP contribution is 2.23. The van der Waals surface area contributed by atoms with Crippen LogP contribution in [0.3, 0.4) is 0 Å². The zero-order chi connectivity index (χ0) is 24.8. The number of anilines is 1. The number of hydrogen-bond acceptors (Lipinski definition) is 5. The van der Waals surface area contributed by atoms with E-state index in [9.17, 15) is 24.1 Å². The number of nitrogens with one attached hydrogen (secondary N) is 2. The fraction of sp³-hybridized carbons (Fsp3) is 0.0833. The smallest absolute Gasteiger partial charge is 0.272 e. The van der Waals surface area contributed by atoms with Crippen LogP contribution in [0.5, 0.6) is 5.75 Å². The number of halogens is 2. The van der Waals surface area contributed by atoms with Gasteiger partial charge in [0.2, 0.25) is 0 Å². The quantitative estimate of drug-likeness (QED) is 0.275. The Labute approximate surface area is 199 Å². The van der Waals surface area contributed by atoms with E-state index in [0.717, 1.165) is 6.07 Å². The van der Waals surface area contributed by atoms with Gasteiger partial charge in [0, 0.05) is 17.8 Å². The van der Waals surface area contributed by atoms with Crippen LogP contribution >= 0.6 is 11.6 Å². The van der Waals surface area contributed by atoms with Crippen molar-refractivity contribution >= 4 is 40.9 Å². The standard InChI is InChI=1S/C24H19ClFN3O5/c1-14-3-6-16(12-21(14)26)27-24(31)22(11-15-4-7-17(8-5-15)29(32)33)28-23(30)19-10-9-18(34-2)13-20(19)25/h3-13H,1-2H3,(H,27,31)(H,28,30). The van der Waals surface area contributed by atoms with E-state index in [1.165, 1.54) is 67.8 Å². The van der Waals surface area contributed by atoms with Crippen LogP contribution in [0.15, 0.2) is 66.4 Å². The molecule has 0 unspecified atom stereocenters. The number of nitrogens with zero attached hydrogens (tertiary/aromatic N) is 1. The van der Waals surface area contributed by atoms with Gasteiger partial charge in [0.15, 0.2) is 0 Å². The zero-order valence-electron chi connectivity index (χ0n) is 18.1. The highest BCUT2D eigenvalue weighted by Gasteiger charge is 2.18. The van der Waals surface area contributed by atoms with Crippen molar-refractivity contribution in [3.8, 4) is 5.75 Å². The molecule has 10 heteroatoms. The van der Waals surface area contributed by atoms with Crippen LogP contribution in [0.4, 0.5) is 15.8 Å². The van der Waals surface area contributed by atoms with E-state index in [-0.39, 0.29) is 27.7 Å². The van der Waals surface area contributed by atoms with Crippen molar-refractivity contribution in [2.75, 3.05) is 12.4 Å².